The van der Waals surface area contributed by atoms with Crippen LogP contribution < -0.4 is 19.5 Å². The maximum absolute atomic E-state index is 12.3. The molecule has 1 aliphatic heterocycles. The monoisotopic (exact) mass is 494 g/mol. The molecule has 4 rings (SSSR count). The topological polar surface area (TPSA) is 60.0 Å². The highest BCUT2D eigenvalue weighted by Crippen LogP contribution is 2.33. The third kappa shape index (κ3) is 6.47. The van der Waals surface area contributed by atoms with Crippen molar-refractivity contribution in [2.45, 2.75) is 32.5 Å². The van der Waals surface area contributed by atoms with Crippen molar-refractivity contribution in [3.05, 3.63) is 87.9 Å². The molecule has 7 heteroatoms. The summed E-state index contributed by atoms with van der Waals surface area (Å²) in [6.45, 7) is 4.98. The lowest BCUT2D eigenvalue weighted by Gasteiger charge is -2.29. The normalized spacial score (nSPS) is 14.1. The Kier molecular flexibility index (Phi) is 8.16. The van der Waals surface area contributed by atoms with Crippen molar-refractivity contribution in [3.63, 3.8) is 0 Å². The first-order valence-electron chi connectivity index (χ1n) is 11.7. The highest BCUT2D eigenvalue weighted by Gasteiger charge is 2.20. The Bertz CT molecular complexity index is 1180. The van der Waals surface area contributed by atoms with Crippen molar-refractivity contribution in [2.24, 2.45) is 0 Å². The molecule has 0 aliphatic carbocycles. The van der Waals surface area contributed by atoms with E-state index in [0.29, 0.717) is 17.1 Å². The molecule has 1 atom stereocenters. The van der Waals surface area contributed by atoms with Gasteiger partial charge in [0.2, 0.25) is 0 Å². The summed E-state index contributed by atoms with van der Waals surface area (Å²) < 4.78 is 17.0. The Balaban J connectivity index is 1.32. The van der Waals surface area contributed by atoms with Crippen molar-refractivity contribution in [2.75, 3.05) is 27.3 Å². The molecule has 0 bridgehead atoms. The van der Waals surface area contributed by atoms with Gasteiger partial charge in [0.05, 0.1) is 20.8 Å². The van der Waals surface area contributed by atoms with Gasteiger partial charge < -0.3 is 19.5 Å². The number of nitrogens with one attached hydrogen (secondary N) is 1. The summed E-state index contributed by atoms with van der Waals surface area (Å²) in [5, 5.41) is 3.44. The average molecular weight is 495 g/mol. The molecular formula is C28H31ClN2O4. The van der Waals surface area contributed by atoms with E-state index in [0.717, 1.165) is 43.3 Å². The summed E-state index contributed by atoms with van der Waals surface area (Å²) in [7, 11) is 3.34. The smallest absolute Gasteiger partial charge is 0.251 e. The third-order valence-electron chi connectivity index (χ3n) is 6.08. The molecule has 1 N–H and O–H groups in total. The van der Waals surface area contributed by atoms with E-state index < -0.39 is 0 Å². The molecule has 6 nitrogen and oxygen atoms in total. The van der Waals surface area contributed by atoms with Crippen LogP contribution in [0, 0.1) is 0 Å². The fourth-order valence-electron chi connectivity index (χ4n) is 4.29. The Labute approximate surface area is 211 Å². The second-order valence-corrected chi connectivity index (χ2v) is 9.17. The maximum atomic E-state index is 12.3. The number of carbonyl (C=O) groups excluding carboxylic acids is 1. The quantitative estimate of drug-likeness (QED) is 0.448. The van der Waals surface area contributed by atoms with Gasteiger partial charge in [0.1, 0.15) is 11.9 Å². The van der Waals surface area contributed by atoms with Crippen LogP contribution in [-0.2, 0) is 19.5 Å². The fourth-order valence-corrected chi connectivity index (χ4v) is 4.48. The summed E-state index contributed by atoms with van der Waals surface area (Å²) in [6, 6.07) is 19.2. The van der Waals surface area contributed by atoms with E-state index in [1.54, 1.807) is 38.5 Å². The molecule has 0 saturated heterocycles. The second kappa shape index (κ2) is 11.5. The first kappa shape index (κ1) is 24.9. The van der Waals surface area contributed by atoms with Gasteiger partial charge in [-0.05, 0) is 72.5 Å². The molecule has 184 valence electrons. The number of rotatable bonds is 9. The molecule has 3 aromatic carbocycles. The number of hydrogen-bond acceptors (Lipinski definition) is 5. The van der Waals surface area contributed by atoms with Crippen LogP contribution in [0.2, 0.25) is 5.02 Å². The Morgan fingerprint density at radius 2 is 1.77 bits per heavy atom. The zero-order chi connectivity index (χ0) is 24.8. The van der Waals surface area contributed by atoms with Crippen LogP contribution in [0.25, 0.3) is 0 Å². The van der Waals surface area contributed by atoms with Gasteiger partial charge in [-0.2, -0.15) is 0 Å². The molecule has 0 fully saturated rings. The molecule has 0 spiro atoms. The Hall–Kier alpha value is -3.22. The largest absolute Gasteiger partial charge is 0.493 e. The average Bonchev–Trinajstić information content (AvgIpc) is 2.86. The zero-order valence-electron chi connectivity index (χ0n) is 20.3. The van der Waals surface area contributed by atoms with E-state index in [9.17, 15) is 4.79 Å². The predicted molar refractivity (Wildman–Crippen MR) is 138 cm³/mol. The van der Waals surface area contributed by atoms with E-state index in [1.807, 2.05) is 19.1 Å². The van der Waals surface area contributed by atoms with E-state index >= 15 is 0 Å². The van der Waals surface area contributed by atoms with Crippen LogP contribution in [0.15, 0.2) is 60.7 Å². The molecule has 1 amide bonds. The van der Waals surface area contributed by atoms with Crippen molar-refractivity contribution in [3.8, 4) is 17.2 Å². The van der Waals surface area contributed by atoms with Gasteiger partial charge in [-0.1, -0.05) is 29.8 Å². The van der Waals surface area contributed by atoms with Gasteiger partial charge in [-0.3, -0.25) is 9.69 Å². The first-order valence-corrected chi connectivity index (χ1v) is 12.1. The number of methoxy groups -OCH3 is 2. The van der Waals surface area contributed by atoms with Gasteiger partial charge >= 0.3 is 0 Å². The fraction of sp³-hybridized carbons (Fsp3) is 0.321. The number of carbonyl (C=O) groups is 1. The van der Waals surface area contributed by atoms with Crippen molar-refractivity contribution < 1.29 is 19.0 Å². The summed E-state index contributed by atoms with van der Waals surface area (Å²) in [6.07, 6.45) is 0.785. The van der Waals surface area contributed by atoms with E-state index in [4.69, 9.17) is 25.8 Å². The summed E-state index contributed by atoms with van der Waals surface area (Å²) in [5.74, 6) is 2.16. The standard InChI is InChI=1S/C28H31ClN2O4/c1-19(16-30-28(32)22-7-5-8-24(29)13-22)35-25-9-4-6-20(12-25)17-31-11-10-21-14-26(33-2)27(34-3)15-23(21)18-31/h4-9,12-15,19H,10-11,16-18H2,1-3H3,(H,30,32)/t19-/m0/s1. The minimum absolute atomic E-state index is 0.170. The van der Waals surface area contributed by atoms with Crippen LogP contribution in [0.1, 0.15) is 34.0 Å². The number of amides is 1. The van der Waals surface area contributed by atoms with E-state index in [-0.39, 0.29) is 12.0 Å². The molecular weight excluding hydrogens is 464 g/mol. The van der Waals surface area contributed by atoms with Gasteiger partial charge in [0.25, 0.3) is 5.91 Å². The van der Waals surface area contributed by atoms with Crippen molar-refractivity contribution >= 4 is 17.5 Å². The number of nitrogens with zero attached hydrogens (tertiary/aromatic N) is 1. The lowest BCUT2D eigenvalue weighted by Crippen LogP contribution is -2.33. The highest BCUT2D eigenvalue weighted by molar-refractivity contribution is 6.30. The Morgan fingerprint density at radius 3 is 2.51 bits per heavy atom. The molecule has 1 heterocycles. The molecule has 3 aromatic rings. The highest BCUT2D eigenvalue weighted by atomic mass is 35.5. The number of benzene rings is 3. The lowest BCUT2D eigenvalue weighted by molar-refractivity contribution is 0.0932. The molecule has 0 unspecified atom stereocenters. The van der Waals surface area contributed by atoms with Crippen molar-refractivity contribution in [1.82, 2.24) is 10.2 Å². The molecule has 1 aliphatic rings. The van der Waals surface area contributed by atoms with Crippen LogP contribution in [0.3, 0.4) is 0 Å². The van der Waals surface area contributed by atoms with Crippen LogP contribution in [0.5, 0.6) is 17.2 Å². The third-order valence-corrected chi connectivity index (χ3v) is 6.31. The van der Waals surface area contributed by atoms with Crippen LogP contribution >= 0.6 is 11.6 Å². The van der Waals surface area contributed by atoms with E-state index in [2.05, 4.69) is 34.5 Å². The minimum atomic E-state index is -0.183. The summed E-state index contributed by atoms with van der Waals surface area (Å²) in [5.41, 5.74) is 4.29. The maximum Gasteiger partial charge on any atom is 0.251 e. The lowest BCUT2D eigenvalue weighted by atomic mass is 9.98. The van der Waals surface area contributed by atoms with Crippen LogP contribution in [0.4, 0.5) is 0 Å². The minimum Gasteiger partial charge on any atom is -0.493 e. The van der Waals surface area contributed by atoms with Crippen LogP contribution in [-0.4, -0.2) is 44.2 Å². The number of ether oxygens (including phenoxy) is 3. The van der Waals surface area contributed by atoms with Gasteiger partial charge in [-0.25, -0.2) is 0 Å². The van der Waals surface area contributed by atoms with Gasteiger partial charge in [0.15, 0.2) is 11.5 Å². The van der Waals surface area contributed by atoms with Crippen molar-refractivity contribution in [1.29, 1.82) is 0 Å². The number of halogens is 1. The SMILES string of the molecule is COc1cc2c(cc1OC)CN(Cc1cccc(O[C@@H](C)CNC(=O)c3cccc(Cl)c3)c1)CC2. The molecule has 0 radical (unpaired) electrons. The summed E-state index contributed by atoms with van der Waals surface area (Å²) in [4.78, 5) is 14.8. The Morgan fingerprint density at radius 1 is 1.03 bits per heavy atom. The van der Waals surface area contributed by atoms with Gasteiger partial charge in [-0.15, -0.1) is 0 Å². The zero-order valence-corrected chi connectivity index (χ0v) is 21.1. The van der Waals surface area contributed by atoms with Gasteiger partial charge in [0, 0.05) is 30.2 Å². The second-order valence-electron chi connectivity index (χ2n) is 8.73. The predicted octanol–water partition coefficient (Wildman–Crippen LogP) is 5.11. The van der Waals surface area contributed by atoms with E-state index in [1.165, 1.54) is 16.7 Å². The summed E-state index contributed by atoms with van der Waals surface area (Å²) >= 11 is 5.98. The first-order chi connectivity index (χ1) is 16.9. The number of fused-ring (bicyclic) bond motifs is 1. The molecule has 0 saturated carbocycles. The number of hydrogen-bond donors (Lipinski definition) is 1. The molecule has 35 heavy (non-hydrogen) atoms. The molecule has 0 aromatic heterocycles.